The summed E-state index contributed by atoms with van der Waals surface area (Å²) in [7, 11) is 0. The predicted octanol–water partition coefficient (Wildman–Crippen LogP) is 4.24. The maximum atomic E-state index is 11.5. The van der Waals surface area contributed by atoms with Crippen LogP contribution >= 0.6 is 0 Å². The fourth-order valence-electron chi connectivity index (χ4n) is 3.99. The molecule has 0 radical (unpaired) electrons. The molecule has 2 N–H and O–H groups in total. The molecule has 0 spiro atoms. The molecule has 0 bridgehead atoms. The molecule has 2 aromatic carbocycles. The van der Waals surface area contributed by atoms with E-state index in [1.54, 1.807) is 0 Å². The third kappa shape index (κ3) is 3.16. The van der Waals surface area contributed by atoms with Crippen LogP contribution in [0.2, 0.25) is 0 Å². The molecular weight excluding hydrogens is 310 g/mol. The van der Waals surface area contributed by atoms with Gasteiger partial charge in [-0.15, -0.1) is 0 Å². The third-order valence-corrected chi connectivity index (χ3v) is 5.14. The van der Waals surface area contributed by atoms with E-state index in [1.807, 2.05) is 18.2 Å². The maximum Gasteiger partial charge on any atom is 0.225 e. The Hall–Kier alpha value is -2.62. The molecule has 0 atom stereocenters. The minimum atomic E-state index is -0.323. The molecule has 25 heavy (non-hydrogen) atoms. The summed E-state index contributed by atoms with van der Waals surface area (Å²) in [5.74, 6) is 0.482. The molecule has 0 unspecified atom stereocenters. The number of fused-ring (bicyclic) bond motifs is 1. The van der Waals surface area contributed by atoms with Gasteiger partial charge < -0.3 is 10.3 Å². The van der Waals surface area contributed by atoms with Crippen LogP contribution in [0.3, 0.4) is 0 Å². The molecule has 1 heterocycles. The fourth-order valence-corrected chi connectivity index (χ4v) is 3.99. The average Bonchev–Trinajstić information content (AvgIpc) is 2.99. The quantitative estimate of drug-likeness (QED) is 0.776. The summed E-state index contributed by atoms with van der Waals surface area (Å²) in [6.45, 7) is 0. The van der Waals surface area contributed by atoms with Crippen molar-refractivity contribution in [1.29, 1.82) is 0 Å². The van der Waals surface area contributed by atoms with Gasteiger partial charge in [0.2, 0.25) is 5.91 Å². The van der Waals surface area contributed by atoms with Crippen LogP contribution in [0, 0.1) is 0 Å². The molecule has 1 aromatic heterocycles. The molecule has 4 nitrogen and oxygen atoms in total. The van der Waals surface area contributed by atoms with Crippen molar-refractivity contribution in [1.82, 2.24) is 9.55 Å². The predicted molar refractivity (Wildman–Crippen MR) is 100 cm³/mol. The molecule has 1 aliphatic carbocycles. The van der Waals surface area contributed by atoms with E-state index in [4.69, 9.17) is 10.7 Å². The van der Waals surface area contributed by atoms with Gasteiger partial charge in [-0.3, -0.25) is 4.79 Å². The molecule has 4 rings (SSSR count). The van der Waals surface area contributed by atoms with Crippen LogP contribution in [0.25, 0.3) is 22.2 Å². The Bertz CT molecular complexity index is 892. The number of nitrogens with two attached hydrogens (primary N) is 1. The van der Waals surface area contributed by atoms with E-state index >= 15 is 0 Å². The number of hydrogen-bond donors (Lipinski definition) is 1. The molecule has 128 valence electrons. The number of benzene rings is 2. The molecular formula is C21H23N3O. The van der Waals surface area contributed by atoms with Gasteiger partial charge in [-0.25, -0.2) is 4.98 Å². The van der Waals surface area contributed by atoms with Gasteiger partial charge in [0.05, 0.1) is 17.5 Å². The lowest BCUT2D eigenvalue weighted by Gasteiger charge is -2.25. The van der Waals surface area contributed by atoms with Gasteiger partial charge in [-0.2, -0.15) is 0 Å². The van der Waals surface area contributed by atoms with Crippen molar-refractivity contribution in [2.24, 2.45) is 5.73 Å². The summed E-state index contributed by atoms with van der Waals surface area (Å²) in [4.78, 5) is 16.3. The SMILES string of the molecule is NC(=O)Cc1nc2cc(-c3ccccc3)ccc2n1C1CCCCC1. The van der Waals surface area contributed by atoms with E-state index in [0.29, 0.717) is 6.04 Å². The third-order valence-electron chi connectivity index (χ3n) is 5.14. The lowest BCUT2D eigenvalue weighted by molar-refractivity contribution is -0.117. The normalized spacial score (nSPS) is 15.5. The molecule has 1 fully saturated rings. The van der Waals surface area contributed by atoms with Crippen molar-refractivity contribution in [3.63, 3.8) is 0 Å². The van der Waals surface area contributed by atoms with Crippen molar-refractivity contribution < 1.29 is 4.79 Å². The minimum absolute atomic E-state index is 0.200. The van der Waals surface area contributed by atoms with Gasteiger partial charge >= 0.3 is 0 Å². The monoisotopic (exact) mass is 333 g/mol. The maximum absolute atomic E-state index is 11.5. The number of carbonyl (C=O) groups is 1. The number of nitrogens with zero attached hydrogens (tertiary/aromatic N) is 2. The average molecular weight is 333 g/mol. The molecule has 0 saturated heterocycles. The van der Waals surface area contributed by atoms with Crippen LogP contribution in [0.15, 0.2) is 48.5 Å². The van der Waals surface area contributed by atoms with E-state index in [9.17, 15) is 4.79 Å². The Kier molecular flexibility index (Phi) is 4.26. The first-order valence-corrected chi connectivity index (χ1v) is 9.07. The van der Waals surface area contributed by atoms with Crippen molar-refractivity contribution in [3.8, 4) is 11.1 Å². The van der Waals surface area contributed by atoms with E-state index in [1.165, 1.54) is 24.8 Å². The van der Waals surface area contributed by atoms with E-state index < -0.39 is 0 Å². The number of imidazole rings is 1. The first-order chi connectivity index (χ1) is 12.2. The second-order valence-electron chi connectivity index (χ2n) is 6.90. The van der Waals surface area contributed by atoms with E-state index in [-0.39, 0.29) is 12.3 Å². The van der Waals surface area contributed by atoms with Gasteiger partial charge in [0, 0.05) is 6.04 Å². The van der Waals surface area contributed by atoms with Crippen molar-refractivity contribution in [2.75, 3.05) is 0 Å². The van der Waals surface area contributed by atoms with Crippen molar-refractivity contribution in [3.05, 3.63) is 54.4 Å². The van der Waals surface area contributed by atoms with Gasteiger partial charge in [0.15, 0.2) is 0 Å². The second kappa shape index (κ2) is 6.71. The highest BCUT2D eigenvalue weighted by atomic mass is 16.1. The minimum Gasteiger partial charge on any atom is -0.369 e. The summed E-state index contributed by atoms with van der Waals surface area (Å²) in [5.41, 5.74) is 9.85. The first-order valence-electron chi connectivity index (χ1n) is 9.07. The Balaban J connectivity index is 1.82. The van der Waals surface area contributed by atoms with Crippen LogP contribution in [0.4, 0.5) is 0 Å². The van der Waals surface area contributed by atoms with Gasteiger partial charge in [-0.05, 0) is 36.1 Å². The highest BCUT2D eigenvalue weighted by Crippen LogP contribution is 2.34. The fraction of sp³-hybridized carbons (Fsp3) is 0.333. The van der Waals surface area contributed by atoms with Gasteiger partial charge in [0.25, 0.3) is 0 Å². The molecule has 1 aliphatic rings. The molecule has 3 aromatic rings. The van der Waals surface area contributed by atoms with Gasteiger partial charge in [-0.1, -0.05) is 55.7 Å². The second-order valence-corrected chi connectivity index (χ2v) is 6.90. The van der Waals surface area contributed by atoms with E-state index in [0.717, 1.165) is 35.3 Å². The number of carbonyl (C=O) groups excluding carboxylic acids is 1. The van der Waals surface area contributed by atoms with Crippen LogP contribution < -0.4 is 5.73 Å². The number of amides is 1. The topological polar surface area (TPSA) is 60.9 Å². The summed E-state index contributed by atoms with van der Waals surface area (Å²) in [6.07, 6.45) is 6.28. The van der Waals surface area contributed by atoms with E-state index in [2.05, 4.69) is 34.9 Å². The zero-order chi connectivity index (χ0) is 17.2. The molecule has 1 amide bonds. The summed E-state index contributed by atoms with van der Waals surface area (Å²) >= 11 is 0. The van der Waals surface area contributed by atoms with Crippen LogP contribution in [0.5, 0.6) is 0 Å². The molecule has 4 heteroatoms. The number of aromatic nitrogens is 2. The zero-order valence-corrected chi connectivity index (χ0v) is 14.3. The van der Waals surface area contributed by atoms with Crippen LogP contribution in [-0.4, -0.2) is 15.5 Å². The lowest BCUT2D eigenvalue weighted by Crippen LogP contribution is -2.21. The number of hydrogen-bond acceptors (Lipinski definition) is 2. The van der Waals surface area contributed by atoms with Crippen molar-refractivity contribution >= 4 is 16.9 Å². The summed E-state index contributed by atoms with van der Waals surface area (Å²) in [5, 5.41) is 0. The highest BCUT2D eigenvalue weighted by molar-refractivity contribution is 5.84. The number of primary amides is 1. The Morgan fingerprint density at radius 2 is 1.80 bits per heavy atom. The van der Waals surface area contributed by atoms with Crippen LogP contribution in [-0.2, 0) is 11.2 Å². The molecule has 0 aliphatic heterocycles. The standard InChI is InChI=1S/C21H23N3O/c22-20(25)14-21-23-18-13-16(15-7-3-1-4-8-15)11-12-19(18)24(21)17-9-5-2-6-10-17/h1,3-4,7-8,11-13,17H,2,5-6,9-10,14H2,(H2,22,25). The largest absolute Gasteiger partial charge is 0.369 e. The highest BCUT2D eigenvalue weighted by Gasteiger charge is 2.22. The first kappa shape index (κ1) is 15.9. The molecule has 1 saturated carbocycles. The smallest absolute Gasteiger partial charge is 0.225 e. The van der Waals surface area contributed by atoms with Crippen LogP contribution in [0.1, 0.15) is 44.0 Å². The Morgan fingerprint density at radius 3 is 2.52 bits per heavy atom. The lowest BCUT2D eigenvalue weighted by atomic mass is 9.95. The number of rotatable bonds is 4. The zero-order valence-electron chi connectivity index (χ0n) is 14.3. The Morgan fingerprint density at radius 1 is 1.04 bits per heavy atom. The van der Waals surface area contributed by atoms with Gasteiger partial charge in [0.1, 0.15) is 5.82 Å². The summed E-state index contributed by atoms with van der Waals surface area (Å²) in [6, 6.07) is 17.1. The van der Waals surface area contributed by atoms with Crippen molar-refractivity contribution in [2.45, 2.75) is 44.6 Å². The summed E-state index contributed by atoms with van der Waals surface area (Å²) < 4.78 is 2.27. The Labute approximate surface area is 147 Å².